The summed E-state index contributed by atoms with van der Waals surface area (Å²) in [4.78, 5) is 2.23. The molecule has 0 fully saturated rings. The number of hydrogen-bond donors (Lipinski definition) is 1. The fraction of sp³-hybridized carbons (Fsp3) is 0.571. The number of nitrogens with zero attached hydrogens (tertiary/aromatic N) is 1. The van der Waals surface area contributed by atoms with E-state index < -0.39 is 0 Å². The molecule has 0 saturated heterocycles. The second-order valence-electron chi connectivity index (χ2n) is 5.08. The van der Waals surface area contributed by atoms with Gasteiger partial charge in [-0.25, -0.2) is 0 Å². The SMILES string of the molecule is CC(CCN)C(c1ccc2c(c1)OCO2)N(C)C. The molecule has 0 spiro atoms. The molecule has 1 aliphatic heterocycles. The van der Waals surface area contributed by atoms with Crippen LogP contribution in [0.4, 0.5) is 0 Å². The molecule has 1 aromatic rings. The van der Waals surface area contributed by atoms with E-state index >= 15 is 0 Å². The van der Waals surface area contributed by atoms with Gasteiger partial charge in [-0.1, -0.05) is 13.0 Å². The molecule has 0 bridgehead atoms. The van der Waals surface area contributed by atoms with Crippen molar-refractivity contribution in [2.75, 3.05) is 27.4 Å². The Morgan fingerprint density at radius 3 is 2.67 bits per heavy atom. The first-order valence-corrected chi connectivity index (χ1v) is 6.39. The lowest BCUT2D eigenvalue weighted by Crippen LogP contribution is -2.27. The number of rotatable bonds is 5. The minimum atomic E-state index is 0.323. The molecule has 0 radical (unpaired) electrons. The minimum Gasteiger partial charge on any atom is -0.454 e. The maximum atomic E-state index is 5.67. The lowest BCUT2D eigenvalue weighted by atomic mass is 9.91. The minimum absolute atomic E-state index is 0.323. The van der Waals surface area contributed by atoms with Crippen molar-refractivity contribution in [3.8, 4) is 11.5 Å². The van der Waals surface area contributed by atoms with Gasteiger partial charge in [-0.05, 0) is 50.7 Å². The molecule has 0 aromatic heterocycles. The second kappa shape index (κ2) is 5.59. The summed E-state index contributed by atoms with van der Waals surface area (Å²) in [6.07, 6.45) is 1.01. The zero-order chi connectivity index (χ0) is 13.1. The van der Waals surface area contributed by atoms with E-state index in [0.29, 0.717) is 18.8 Å². The summed E-state index contributed by atoms with van der Waals surface area (Å²) in [7, 11) is 4.20. The average Bonchev–Trinajstić information content (AvgIpc) is 2.76. The van der Waals surface area contributed by atoms with Gasteiger partial charge in [0, 0.05) is 6.04 Å². The first kappa shape index (κ1) is 13.2. The van der Waals surface area contributed by atoms with Crippen molar-refractivity contribution in [1.82, 2.24) is 4.90 Å². The molecule has 100 valence electrons. The van der Waals surface area contributed by atoms with E-state index in [-0.39, 0.29) is 0 Å². The molecule has 1 heterocycles. The molecule has 4 heteroatoms. The van der Waals surface area contributed by atoms with Gasteiger partial charge in [0.25, 0.3) is 0 Å². The van der Waals surface area contributed by atoms with Gasteiger partial charge in [0.05, 0.1) is 0 Å². The molecule has 2 N–H and O–H groups in total. The van der Waals surface area contributed by atoms with Crippen LogP contribution in [-0.2, 0) is 0 Å². The van der Waals surface area contributed by atoms with Crippen molar-refractivity contribution in [2.24, 2.45) is 11.7 Å². The van der Waals surface area contributed by atoms with E-state index in [1.165, 1.54) is 5.56 Å². The van der Waals surface area contributed by atoms with Gasteiger partial charge >= 0.3 is 0 Å². The van der Waals surface area contributed by atoms with E-state index in [9.17, 15) is 0 Å². The Hall–Kier alpha value is -1.26. The van der Waals surface area contributed by atoms with Crippen LogP contribution in [0, 0.1) is 5.92 Å². The molecular weight excluding hydrogens is 228 g/mol. The van der Waals surface area contributed by atoms with Crippen LogP contribution in [-0.4, -0.2) is 32.3 Å². The van der Waals surface area contributed by atoms with Gasteiger partial charge in [-0.3, -0.25) is 0 Å². The maximum Gasteiger partial charge on any atom is 0.231 e. The first-order chi connectivity index (χ1) is 8.63. The summed E-state index contributed by atoms with van der Waals surface area (Å²) >= 11 is 0. The Balaban J connectivity index is 2.25. The van der Waals surface area contributed by atoms with E-state index in [1.54, 1.807) is 0 Å². The molecule has 0 amide bonds. The summed E-state index contributed by atoms with van der Waals surface area (Å²) < 4.78 is 10.8. The zero-order valence-electron chi connectivity index (χ0n) is 11.3. The third-order valence-corrected chi connectivity index (χ3v) is 3.46. The Bertz CT molecular complexity index is 407. The fourth-order valence-corrected chi connectivity index (χ4v) is 2.65. The molecule has 0 aliphatic carbocycles. The highest BCUT2D eigenvalue weighted by Crippen LogP contribution is 2.37. The number of hydrogen-bond acceptors (Lipinski definition) is 4. The summed E-state index contributed by atoms with van der Waals surface area (Å²) in [5, 5.41) is 0. The third kappa shape index (κ3) is 2.60. The normalized spacial score (nSPS) is 16.9. The molecule has 1 aromatic carbocycles. The predicted molar refractivity (Wildman–Crippen MR) is 71.8 cm³/mol. The molecular formula is C14H22N2O2. The quantitative estimate of drug-likeness (QED) is 0.868. The van der Waals surface area contributed by atoms with E-state index in [1.807, 2.05) is 6.07 Å². The molecule has 2 atom stereocenters. The predicted octanol–water partition coefficient (Wildman–Crippen LogP) is 2.00. The molecule has 4 nitrogen and oxygen atoms in total. The molecule has 2 rings (SSSR count). The number of ether oxygens (including phenoxy) is 2. The number of nitrogens with two attached hydrogens (primary N) is 1. The lowest BCUT2D eigenvalue weighted by Gasteiger charge is -2.30. The Kier molecular flexibility index (Phi) is 4.09. The Labute approximate surface area is 109 Å². The van der Waals surface area contributed by atoms with Crippen LogP contribution >= 0.6 is 0 Å². The van der Waals surface area contributed by atoms with Crippen LogP contribution in [0.25, 0.3) is 0 Å². The number of benzene rings is 1. The standard InChI is InChI=1S/C14H22N2O2/c1-10(6-7-15)14(16(2)3)11-4-5-12-13(8-11)18-9-17-12/h4-5,8,10,14H,6-7,9,15H2,1-3H3. The largest absolute Gasteiger partial charge is 0.454 e. The van der Waals surface area contributed by atoms with Gasteiger partial charge in [0.1, 0.15) is 0 Å². The van der Waals surface area contributed by atoms with Crippen LogP contribution in [0.1, 0.15) is 24.9 Å². The van der Waals surface area contributed by atoms with Crippen LogP contribution in [0.5, 0.6) is 11.5 Å². The van der Waals surface area contributed by atoms with Crippen molar-refractivity contribution in [2.45, 2.75) is 19.4 Å². The van der Waals surface area contributed by atoms with Crippen molar-refractivity contribution in [3.63, 3.8) is 0 Å². The van der Waals surface area contributed by atoms with Gasteiger partial charge < -0.3 is 20.1 Å². The average molecular weight is 250 g/mol. The van der Waals surface area contributed by atoms with E-state index in [0.717, 1.165) is 24.5 Å². The Morgan fingerprint density at radius 2 is 2.00 bits per heavy atom. The third-order valence-electron chi connectivity index (χ3n) is 3.46. The molecule has 2 unspecified atom stereocenters. The first-order valence-electron chi connectivity index (χ1n) is 6.39. The van der Waals surface area contributed by atoms with Gasteiger partial charge in [0.2, 0.25) is 6.79 Å². The van der Waals surface area contributed by atoms with Gasteiger partial charge in [0.15, 0.2) is 11.5 Å². The molecule has 0 saturated carbocycles. The Morgan fingerprint density at radius 1 is 1.28 bits per heavy atom. The number of fused-ring (bicyclic) bond motifs is 1. The highest BCUT2D eigenvalue weighted by atomic mass is 16.7. The molecule has 18 heavy (non-hydrogen) atoms. The van der Waals surface area contributed by atoms with Crippen LogP contribution in [0.2, 0.25) is 0 Å². The van der Waals surface area contributed by atoms with Crippen molar-refractivity contribution < 1.29 is 9.47 Å². The van der Waals surface area contributed by atoms with Crippen molar-refractivity contribution in [3.05, 3.63) is 23.8 Å². The van der Waals surface area contributed by atoms with Crippen molar-refractivity contribution in [1.29, 1.82) is 0 Å². The van der Waals surface area contributed by atoms with Gasteiger partial charge in [-0.15, -0.1) is 0 Å². The highest BCUT2D eigenvalue weighted by Gasteiger charge is 2.23. The zero-order valence-corrected chi connectivity index (χ0v) is 11.3. The fourth-order valence-electron chi connectivity index (χ4n) is 2.65. The van der Waals surface area contributed by atoms with E-state index in [2.05, 4.69) is 38.1 Å². The second-order valence-corrected chi connectivity index (χ2v) is 5.08. The smallest absolute Gasteiger partial charge is 0.231 e. The van der Waals surface area contributed by atoms with E-state index in [4.69, 9.17) is 15.2 Å². The summed E-state index contributed by atoms with van der Waals surface area (Å²) in [5.74, 6) is 2.19. The molecule has 1 aliphatic rings. The van der Waals surface area contributed by atoms with Gasteiger partial charge in [-0.2, -0.15) is 0 Å². The highest BCUT2D eigenvalue weighted by molar-refractivity contribution is 5.45. The maximum absolute atomic E-state index is 5.67. The lowest BCUT2D eigenvalue weighted by molar-refractivity contribution is 0.173. The van der Waals surface area contributed by atoms with Crippen molar-refractivity contribution >= 4 is 0 Å². The van der Waals surface area contributed by atoms with Crippen LogP contribution in [0.3, 0.4) is 0 Å². The summed E-state index contributed by atoms with van der Waals surface area (Å²) in [5.41, 5.74) is 6.93. The van der Waals surface area contributed by atoms with Crippen LogP contribution < -0.4 is 15.2 Å². The summed E-state index contributed by atoms with van der Waals surface area (Å²) in [6, 6.07) is 6.54. The topological polar surface area (TPSA) is 47.7 Å². The summed E-state index contributed by atoms with van der Waals surface area (Å²) in [6.45, 7) is 3.28. The monoisotopic (exact) mass is 250 g/mol. The van der Waals surface area contributed by atoms with Crippen LogP contribution in [0.15, 0.2) is 18.2 Å².